The van der Waals surface area contributed by atoms with Crippen molar-refractivity contribution in [2.75, 3.05) is 7.05 Å². The first kappa shape index (κ1) is 11.1. The molecule has 4 aliphatic carbocycles. The first-order chi connectivity index (χ1) is 7.55. The van der Waals surface area contributed by atoms with Gasteiger partial charge in [-0.1, -0.05) is 13.8 Å². The van der Waals surface area contributed by atoms with Crippen LogP contribution in [0.15, 0.2) is 0 Å². The van der Waals surface area contributed by atoms with Gasteiger partial charge in [0.25, 0.3) is 0 Å². The van der Waals surface area contributed by atoms with E-state index in [-0.39, 0.29) is 0 Å². The van der Waals surface area contributed by atoms with Crippen LogP contribution in [0.25, 0.3) is 0 Å². The predicted octanol–water partition coefficient (Wildman–Crippen LogP) is 3.59. The molecule has 0 saturated heterocycles. The maximum Gasteiger partial charge on any atom is 0.0189 e. The van der Waals surface area contributed by atoms with Crippen molar-refractivity contribution in [1.29, 1.82) is 0 Å². The highest BCUT2D eigenvalue weighted by Gasteiger charge is 2.56. The first-order valence-electron chi connectivity index (χ1n) is 7.24. The van der Waals surface area contributed by atoms with Crippen LogP contribution in [0.5, 0.6) is 0 Å². The average Bonchev–Trinajstić information content (AvgIpc) is 2.13. The molecule has 92 valence electrons. The summed E-state index contributed by atoms with van der Waals surface area (Å²) in [7, 11) is 2.20. The molecule has 1 heteroatoms. The Morgan fingerprint density at radius 2 is 1.75 bits per heavy atom. The van der Waals surface area contributed by atoms with Crippen LogP contribution in [-0.2, 0) is 0 Å². The summed E-state index contributed by atoms with van der Waals surface area (Å²) in [6, 6.07) is 0. The SMILES string of the molecule is CNC12CC3CC(CC(CC(C)C)(C3)C1)C2. The Morgan fingerprint density at radius 1 is 1.12 bits per heavy atom. The van der Waals surface area contributed by atoms with Crippen molar-refractivity contribution in [1.82, 2.24) is 5.32 Å². The quantitative estimate of drug-likeness (QED) is 0.768. The topological polar surface area (TPSA) is 12.0 Å². The van der Waals surface area contributed by atoms with Gasteiger partial charge in [0.2, 0.25) is 0 Å². The number of hydrogen-bond donors (Lipinski definition) is 1. The third-order valence-corrected chi connectivity index (χ3v) is 5.55. The van der Waals surface area contributed by atoms with Gasteiger partial charge in [-0.2, -0.15) is 0 Å². The average molecular weight is 221 g/mol. The van der Waals surface area contributed by atoms with Crippen LogP contribution < -0.4 is 5.32 Å². The molecule has 0 aliphatic heterocycles. The molecule has 0 aromatic carbocycles. The molecular formula is C15H27N. The Balaban J connectivity index is 1.86. The summed E-state index contributed by atoms with van der Waals surface area (Å²) in [5.74, 6) is 2.98. The molecular weight excluding hydrogens is 194 g/mol. The molecule has 2 unspecified atom stereocenters. The number of rotatable bonds is 3. The van der Waals surface area contributed by atoms with E-state index in [0.29, 0.717) is 5.54 Å². The predicted molar refractivity (Wildman–Crippen MR) is 68.4 cm³/mol. The maximum absolute atomic E-state index is 3.71. The highest BCUT2D eigenvalue weighted by atomic mass is 15.0. The lowest BCUT2D eigenvalue weighted by Gasteiger charge is -2.62. The second-order valence-corrected chi connectivity index (χ2v) is 7.59. The van der Waals surface area contributed by atoms with Crippen LogP contribution in [0, 0.1) is 23.2 Å². The molecule has 0 radical (unpaired) electrons. The van der Waals surface area contributed by atoms with E-state index in [1.54, 1.807) is 19.3 Å². The van der Waals surface area contributed by atoms with Crippen LogP contribution >= 0.6 is 0 Å². The molecule has 0 aromatic rings. The van der Waals surface area contributed by atoms with Gasteiger partial charge in [0, 0.05) is 5.54 Å². The van der Waals surface area contributed by atoms with Gasteiger partial charge >= 0.3 is 0 Å². The van der Waals surface area contributed by atoms with E-state index in [1.165, 1.54) is 25.7 Å². The fourth-order valence-electron chi connectivity index (χ4n) is 5.85. The van der Waals surface area contributed by atoms with E-state index in [0.717, 1.165) is 23.2 Å². The minimum absolute atomic E-state index is 0.541. The maximum atomic E-state index is 3.71. The number of hydrogen-bond acceptors (Lipinski definition) is 1. The summed E-state index contributed by atoms with van der Waals surface area (Å²) < 4.78 is 0. The molecule has 4 rings (SSSR count). The minimum Gasteiger partial charge on any atom is -0.314 e. The molecule has 4 saturated carbocycles. The smallest absolute Gasteiger partial charge is 0.0189 e. The van der Waals surface area contributed by atoms with Crippen molar-refractivity contribution >= 4 is 0 Å². The molecule has 0 aromatic heterocycles. The monoisotopic (exact) mass is 221 g/mol. The van der Waals surface area contributed by atoms with Gasteiger partial charge in [-0.25, -0.2) is 0 Å². The van der Waals surface area contributed by atoms with Crippen LogP contribution in [-0.4, -0.2) is 12.6 Å². The molecule has 2 atom stereocenters. The van der Waals surface area contributed by atoms with Crippen molar-refractivity contribution in [2.45, 2.75) is 64.3 Å². The summed E-state index contributed by atoms with van der Waals surface area (Å²) in [5, 5.41) is 3.71. The Morgan fingerprint density at radius 3 is 2.25 bits per heavy atom. The van der Waals surface area contributed by atoms with Gasteiger partial charge < -0.3 is 5.32 Å². The Bertz CT molecular complexity index is 262. The van der Waals surface area contributed by atoms with Crippen LogP contribution in [0.3, 0.4) is 0 Å². The Hall–Kier alpha value is -0.0400. The fraction of sp³-hybridized carbons (Fsp3) is 1.00. The molecule has 1 nitrogen and oxygen atoms in total. The Labute approximate surface area is 100 Å². The molecule has 1 N–H and O–H groups in total. The van der Waals surface area contributed by atoms with Gasteiger partial charge in [0.05, 0.1) is 0 Å². The zero-order chi connectivity index (χ0) is 11.4. The van der Waals surface area contributed by atoms with E-state index >= 15 is 0 Å². The standard InChI is InChI=1S/C15H27N/c1-11(2)5-14-6-12-4-13(7-14)9-15(8-12,10-14)16-3/h11-13,16H,4-10H2,1-3H3. The second kappa shape index (κ2) is 3.48. The lowest BCUT2D eigenvalue weighted by atomic mass is 9.45. The van der Waals surface area contributed by atoms with Crippen LogP contribution in [0.1, 0.15) is 58.8 Å². The highest BCUT2D eigenvalue weighted by Crippen LogP contribution is 2.63. The van der Waals surface area contributed by atoms with Gasteiger partial charge in [-0.3, -0.25) is 0 Å². The van der Waals surface area contributed by atoms with Crippen molar-refractivity contribution < 1.29 is 0 Å². The third-order valence-electron chi connectivity index (χ3n) is 5.55. The van der Waals surface area contributed by atoms with Crippen molar-refractivity contribution in [3.63, 3.8) is 0 Å². The second-order valence-electron chi connectivity index (χ2n) is 7.59. The van der Waals surface area contributed by atoms with Gasteiger partial charge in [0.1, 0.15) is 0 Å². The Kier molecular flexibility index (Phi) is 2.41. The number of nitrogens with one attached hydrogen (secondary N) is 1. The summed E-state index contributed by atoms with van der Waals surface area (Å²) in [4.78, 5) is 0. The zero-order valence-electron chi connectivity index (χ0n) is 11.2. The molecule has 16 heavy (non-hydrogen) atoms. The van der Waals surface area contributed by atoms with Gasteiger partial charge in [-0.15, -0.1) is 0 Å². The van der Waals surface area contributed by atoms with Gasteiger partial charge in [0.15, 0.2) is 0 Å². The summed E-state index contributed by atoms with van der Waals surface area (Å²) in [5.41, 5.74) is 1.26. The zero-order valence-corrected chi connectivity index (χ0v) is 11.2. The van der Waals surface area contributed by atoms with Crippen molar-refractivity contribution in [3.8, 4) is 0 Å². The fourth-order valence-corrected chi connectivity index (χ4v) is 5.85. The van der Waals surface area contributed by atoms with Crippen LogP contribution in [0.4, 0.5) is 0 Å². The highest BCUT2D eigenvalue weighted by molar-refractivity contribution is 5.11. The minimum atomic E-state index is 0.541. The van der Waals surface area contributed by atoms with E-state index in [2.05, 4.69) is 26.2 Å². The molecule has 4 bridgehead atoms. The summed E-state index contributed by atoms with van der Waals surface area (Å²) >= 11 is 0. The molecule has 0 spiro atoms. The molecule has 4 aliphatic rings. The van der Waals surface area contributed by atoms with Crippen molar-refractivity contribution in [2.24, 2.45) is 23.2 Å². The van der Waals surface area contributed by atoms with E-state index < -0.39 is 0 Å². The van der Waals surface area contributed by atoms with E-state index in [1.807, 2.05) is 0 Å². The van der Waals surface area contributed by atoms with E-state index in [9.17, 15) is 0 Å². The lowest BCUT2D eigenvalue weighted by molar-refractivity contribution is -0.0880. The van der Waals surface area contributed by atoms with E-state index in [4.69, 9.17) is 0 Å². The molecule has 4 fully saturated rings. The largest absolute Gasteiger partial charge is 0.314 e. The third kappa shape index (κ3) is 1.63. The van der Waals surface area contributed by atoms with Crippen molar-refractivity contribution in [3.05, 3.63) is 0 Å². The molecule has 0 amide bonds. The lowest BCUT2D eigenvalue weighted by Crippen LogP contribution is -2.61. The van der Waals surface area contributed by atoms with Crippen LogP contribution in [0.2, 0.25) is 0 Å². The summed E-state index contributed by atoms with van der Waals surface area (Å²) in [6.07, 6.45) is 10.5. The van der Waals surface area contributed by atoms with Gasteiger partial charge in [-0.05, 0) is 75.2 Å². The molecule has 0 heterocycles. The summed E-state index contributed by atoms with van der Waals surface area (Å²) in [6.45, 7) is 4.81. The first-order valence-corrected chi connectivity index (χ1v) is 7.24. The normalized spacial score (nSPS) is 50.2.